The molecule has 2 N–H and O–H groups in total. The third kappa shape index (κ3) is 3.99. The number of anilines is 2. The first-order valence-corrected chi connectivity index (χ1v) is 11.5. The molecule has 0 spiro atoms. The number of carboxylic acids is 1. The van der Waals surface area contributed by atoms with Gasteiger partial charge in [-0.25, -0.2) is 4.79 Å². The summed E-state index contributed by atoms with van der Waals surface area (Å²) in [7, 11) is 0. The normalized spacial score (nSPS) is 21.9. The van der Waals surface area contributed by atoms with Gasteiger partial charge in [0.05, 0.1) is 11.6 Å². The molecule has 1 amide bonds. The van der Waals surface area contributed by atoms with Crippen molar-refractivity contribution in [2.75, 3.05) is 10.2 Å². The highest BCUT2D eigenvalue weighted by Gasteiger charge is 2.47. The van der Waals surface area contributed by atoms with Crippen molar-refractivity contribution in [1.29, 1.82) is 0 Å². The van der Waals surface area contributed by atoms with Gasteiger partial charge >= 0.3 is 5.97 Å². The fourth-order valence-corrected chi connectivity index (χ4v) is 5.26. The lowest BCUT2D eigenvalue weighted by molar-refractivity contribution is -0.117. The Hall–Kier alpha value is -3.60. The molecule has 1 saturated carbocycles. The molecular formula is C28H28N2O3. The molecule has 2 aliphatic rings. The van der Waals surface area contributed by atoms with E-state index in [1.165, 1.54) is 12.8 Å². The number of hydrogen-bond donors (Lipinski definition) is 2. The van der Waals surface area contributed by atoms with Gasteiger partial charge in [-0.1, -0.05) is 43.3 Å². The Labute approximate surface area is 194 Å². The van der Waals surface area contributed by atoms with Crippen LogP contribution in [0.3, 0.4) is 0 Å². The van der Waals surface area contributed by atoms with Gasteiger partial charge in [-0.3, -0.25) is 4.79 Å². The van der Waals surface area contributed by atoms with Crippen molar-refractivity contribution >= 4 is 23.3 Å². The van der Waals surface area contributed by atoms with E-state index in [-0.39, 0.29) is 29.5 Å². The summed E-state index contributed by atoms with van der Waals surface area (Å²) in [6.07, 6.45) is 2.33. The maximum atomic E-state index is 12.8. The molecule has 3 aromatic rings. The number of rotatable bonds is 5. The number of nitrogens with one attached hydrogen (secondary N) is 1. The van der Waals surface area contributed by atoms with E-state index in [0.29, 0.717) is 5.92 Å². The first-order valence-electron chi connectivity index (χ1n) is 11.5. The lowest BCUT2D eigenvalue weighted by atomic mass is 9.79. The summed E-state index contributed by atoms with van der Waals surface area (Å²) in [5.74, 6) is -0.0769. The smallest absolute Gasteiger partial charge is 0.335 e. The fourth-order valence-electron chi connectivity index (χ4n) is 5.26. The van der Waals surface area contributed by atoms with Crippen molar-refractivity contribution in [3.05, 3.63) is 83.9 Å². The van der Waals surface area contributed by atoms with Gasteiger partial charge in [-0.2, -0.15) is 0 Å². The summed E-state index contributed by atoms with van der Waals surface area (Å²) in [6.45, 7) is 3.91. The quantitative estimate of drug-likeness (QED) is 0.512. The molecule has 3 atom stereocenters. The van der Waals surface area contributed by atoms with Crippen molar-refractivity contribution in [3.63, 3.8) is 0 Å². The number of hydrogen-bond acceptors (Lipinski definition) is 3. The highest BCUT2D eigenvalue weighted by Crippen LogP contribution is 2.50. The van der Waals surface area contributed by atoms with Crippen LogP contribution in [0.15, 0.2) is 72.8 Å². The highest BCUT2D eigenvalue weighted by atomic mass is 16.4. The Balaban J connectivity index is 1.61. The standard InChI is InChI=1S/C28H28N2O3/c1-17-26(29-23-6-4-3-5-7-23)24-16-22(19-8-12-21(13-9-19)28(32)33)14-15-25(24)30(18(2)31)27(17)20-10-11-20/h3-9,12-17,20,26-27,29H,10-11H2,1-2H3,(H,32,33)/t17-,26?,27-/m1/s1. The van der Waals surface area contributed by atoms with Gasteiger partial charge in [0.1, 0.15) is 0 Å². The number of amides is 1. The molecule has 0 saturated heterocycles. The molecule has 1 fully saturated rings. The molecule has 5 rings (SSSR count). The van der Waals surface area contributed by atoms with Crippen LogP contribution in [0.5, 0.6) is 0 Å². The summed E-state index contributed by atoms with van der Waals surface area (Å²) in [4.78, 5) is 26.1. The van der Waals surface area contributed by atoms with Gasteiger partial charge < -0.3 is 15.3 Å². The van der Waals surface area contributed by atoms with E-state index in [9.17, 15) is 14.7 Å². The molecular weight excluding hydrogens is 412 g/mol. The number of carbonyl (C=O) groups excluding carboxylic acids is 1. The largest absolute Gasteiger partial charge is 0.478 e. The number of carbonyl (C=O) groups is 2. The lowest BCUT2D eigenvalue weighted by Gasteiger charge is -2.46. The number of para-hydroxylation sites is 1. The van der Waals surface area contributed by atoms with E-state index >= 15 is 0 Å². The second-order valence-electron chi connectivity index (χ2n) is 9.22. The minimum atomic E-state index is -0.934. The third-order valence-electron chi connectivity index (χ3n) is 6.99. The summed E-state index contributed by atoms with van der Waals surface area (Å²) in [5, 5.41) is 13.0. The summed E-state index contributed by atoms with van der Waals surface area (Å²) >= 11 is 0. The third-order valence-corrected chi connectivity index (χ3v) is 6.99. The Bertz CT molecular complexity index is 1190. The van der Waals surface area contributed by atoms with Crippen molar-refractivity contribution in [2.45, 2.75) is 38.8 Å². The molecule has 1 aliphatic carbocycles. The van der Waals surface area contributed by atoms with E-state index < -0.39 is 5.97 Å². The van der Waals surface area contributed by atoms with Crippen molar-refractivity contribution in [1.82, 2.24) is 0 Å². The van der Waals surface area contributed by atoms with Crippen LogP contribution in [-0.4, -0.2) is 23.0 Å². The molecule has 0 radical (unpaired) electrons. The molecule has 5 nitrogen and oxygen atoms in total. The second-order valence-corrected chi connectivity index (χ2v) is 9.22. The van der Waals surface area contributed by atoms with Gasteiger partial charge in [0.25, 0.3) is 0 Å². The number of aromatic carboxylic acids is 1. The van der Waals surface area contributed by atoms with Crippen molar-refractivity contribution < 1.29 is 14.7 Å². The molecule has 0 aromatic heterocycles. The SMILES string of the molecule is CC(=O)N1c2ccc(-c3ccc(C(=O)O)cc3)cc2C(Nc2ccccc2)[C@@H](C)[C@@H]1C1CC1. The van der Waals surface area contributed by atoms with Gasteiger partial charge in [-0.15, -0.1) is 0 Å². The Morgan fingerprint density at radius 3 is 2.21 bits per heavy atom. The number of benzene rings is 3. The van der Waals surface area contributed by atoms with Gasteiger partial charge in [0.15, 0.2) is 0 Å². The van der Waals surface area contributed by atoms with Crippen LogP contribution in [0, 0.1) is 11.8 Å². The average molecular weight is 441 g/mol. The molecule has 5 heteroatoms. The first-order chi connectivity index (χ1) is 15.9. The topological polar surface area (TPSA) is 69.6 Å². The molecule has 1 aliphatic heterocycles. The van der Waals surface area contributed by atoms with Gasteiger partial charge in [0.2, 0.25) is 5.91 Å². The Morgan fingerprint density at radius 2 is 1.61 bits per heavy atom. The average Bonchev–Trinajstić information content (AvgIpc) is 3.66. The number of carboxylic acid groups (broad SMARTS) is 1. The zero-order valence-electron chi connectivity index (χ0n) is 18.9. The molecule has 33 heavy (non-hydrogen) atoms. The molecule has 168 valence electrons. The van der Waals surface area contributed by atoms with Gasteiger partial charge in [0, 0.05) is 30.3 Å². The van der Waals surface area contributed by atoms with Crippen LogP contribution in [0.2, 0.25) is 0 Å². The maximum Gasteiger partial charge on any atom is 0.335 e. The first kappa shape index (κ1) is 21.3. The van der Waals surface area contributed by atoms with Crippen LogP contribution in [0.1, 0.15) is 48.7 Å². The number of nitrogens with zero attached hydrogens (tertiary/aromatic N) is 1. The second kappa shape index (κ2) is 8.39. The monoisotopic (exact) mass is 440 g/mol. The zero-order valence-corrected chi connectivity index (χ0v) is 18.9. The van der Waals surface area contributed by atoms with Crippen LogP contribution in [0.4, 0.5) is 11.4 Å². The maximum absolute atomic E-state index is 12.8. The van der Waals surface area contributed by atoms with E-state index in [4.69, 9.17) is 0 Å². The Kier molecular flexibility index (Phi) is 5.41. The zero-order chi connectivity index (χ0) is 23.1. The lowest BCUT2D eigenvalue weighted by Crippen LogP contribution is -2.51. The predicted molar refractivity (Wildman–Crippen MR) is 130 cm³/mol. The van der Waals surface area contributed by atoms with Crippen LogP contribution in [-0.2, 0) is 4.79 Å². The van der Waals surface area contributed by atoms with E-state index in [0.717, 1.165) is 28.1 Å². The van der Waals surface area contributed by atoms with E-state index in [1.54, 1.807) is 19.1 Å². The van der Waals surface area contributed by atoms with Crippen LogP contribution >= 0.6 is 0 Å². The van der Waals surface area contributed by atoms with Crippen molar-refractivity contribution in [2.24, 2.45) is 11.8 Å². The van der Waals surface area contributed by atoms with E-state index in [1.807, 2.05) is 41.3 Å². The minimum Gasteiger partial charge on any atom is -0.478 e. The number of fused-ring (bicyclic) bond motifs is 1. The summed E-state index contributed by atoms with van der Waals surface area (Å²) in [6, 6.07) is 23.6. The van der Waals surface area contributed by atoms with Crippen molar-refractivity contribution in [3.8, 4) is 11.1 Å². The molecule has 1 unspecified atom stereocenters. The van der Waals surface area contributed by atoms with E-state index in [2.05, 4.69) is 36.5 Å². The van der Waals surface area contributed by atoms with Gasteiger partial charge in [-0.05, 0) is 71.8 Å². The predicted octanol–water partition coefficient (Wildman–Crippen LogP) is 5.99. The highest BCUT2D eigenvalue weighted by molar-refractivity contribution is 5.95. The van der Waals surface area contributed by atoms with Crippen LogP contribution in [0.25, 0.3) is 11.1 Å². The molecule has 1 heterocycles. The minimum absolute atomic E-state index is 0.0573. The van der Waals surface area contributed by atoms with Crippen LogP contribution < -0.4 is 10.2 Å². The molecule has 3 aromatic carbocycles. The Morgan fingerprint density at radius 1 is 0.939 bits per heavy atom. The molecule has 0 bridgehead atoms. The summed E-state index contributed by atoms with van der Waals surface area (Å²) in [5.41, 5.74) is 5.35. The fraction of sp³-hybridized carbons (Fsp3) is 0.286. The summed E-state index contributed by atoms with van der Waals surface area (Å²) < 4.78 is 0.